The van der Waals surface area contributed by atoms with Crippen molar-refractivity contribution in [1.82, 2.24) is 0 Å². The molecule has 0 aliphatic rings. The van der Waals surface area contributed by atoms with Gasteiger partial charge >= 0.3 is 5.97 Å². The average Bonchev–Trinajstić information content (AvgIpc) is 2.25. The first kappa shape index (κ1) is 13.6. The Labute approximate surface area is 105 Å². The lowest BCUT2D eigenvalue weighted by atomic mass is 10.0. The van der Waals surface area contributed by atoms with Gasteiger partial charge in [0.25, 0.3) is 0 Å². The highest BCUT2D eigenvalue weighted by Gasteiger charge is 2.14. The fourth-order valence-corrected chi connectivity index (χ4v) is 2.04. The summed E-state index contributed by atoms with van der Waals surface area (Å²) in [6.45, 7) is 1.71. The molecule has 0 aromatic heterocycles. The number of carboxylic acids is 1. The normalized spacial score (nSPS) is 10.3. The number of ether oxygens (including phenoxy) is 1. The minimum Gasteiger partial charge on any atom is -0.507 e. The van der Waals surface area contributed by atoms with Crippen LogP contribution in [0.15, 0.2) is 6.07 Å². The van der Waals surface area contributed by atoms with Crippen LogP contribution in [0.3, 0.4) is 0 Å². The van der Waals surface area contributed by atoms with Gasteiger partial charge in [-0.25, -0.2) is 0 Å². The van der Waals surface area contributed by atoms with Gasteiger partial charge in [0.05, 0.1) is 12.1 Å². The van der Waals surface area contributed by atoms with E-state index in [0.717, 1.165) is 0 Å². The molecule has 0 atom stereocenters. The molecule has 17 heavy (non-hydrogen) atoms. The zero-order valence-electron chi connectivity index (χ0n) is 9.79. The van der Waals surface area contributed by atoms with Gasteiger partial charge in [-0.1, -0.05) is 11.6 Å². The van der Waals surface area contributed by atoms with Gasteiger partial charge in [-0.05, 0) is 31.4 Å². The standard InChI is InChI=1S/C12H15ClO4/c1-7-11(16)8(4-3-5-10(14)15)6-9(13)12(7)17-2/h6,16H,3-5H2,1-2H3,(H,14,15). The van der Waals surface area contributed by atoms with Crippen molar-refractivity contribution >= 4 is 17.6 Å². The van der Waals surface area contributed by atoms with E-state index in [2.05, 4.69) is 0 Å². The number of phenolic OH excluding ortho intramolecular Hbond substituents is 1. The Kier molecular flexibility index (Phi) is 4.63. The molecule has 0 aliphatic heterocycles. The summed E-state index contributed by atoms with van der Waals surface area (Å²) >= 11 is 6.00. The fraction of sp³-hybridized carbons (Fsp3) is 0.417. The number of rotatable bonds is 5. The van der Waals surface area contributed by atoms with Crippen LogP contribution in [0, 0.1) is 6.92 Å². The van der Waals surface area contributed by atoms with Gasteiger partial charge in [0, 0.05) is 12.0 Å². The number of aromatic hydroxyl groups is 1. The van der Waals surface area contributed by atoms with Crippen LogP contribution < -0.4 is 4.74 Å². The van der Waals surface area contributed by atoms with Gasteiger partial charge in [-0.3, -0.25) is 4.79 Å². The zero-order chi connectivity index (χ0) is 13.0. The Hall–Kier alpha value is -1.42. The monoisotopic (exact) mass is 258 g/mol. The van der Waals surface area contributed by atoms with Crippen molar-refractivity contribution in [3.8, 4) is 11.5 Å². The van der Waals surface area contributed by atoms with E-state index in [-0.39, 0.29) is 12.2 Å². The van der Waals surface area contributed by atoms with E-state index in [1.165, 1.54) is 7.11 Å². The molecule has 0 unspecified atom stereocenters. The molecule has 0 amide bonds. The lowest BCUT2D eigenvalue weighted by Gasteiger charge is -2.12. The van der Waals surface area contributed by atoms with Gasteiger partial charge in [0.15, 0.2) is 0 Å². The van der Waals surface area contributed by atoms with E-state index in [0.29, 0.717) is 34.7 Å². The van der Waals surface area contributed by atoms with Crippen molar-refractivity contribution in [1.29, 1.82) is 0 Å². The first-order chi connectivity index (χ1) is 7.97. The molecule has 0 saturated carbocycles. The summed E-state index contributed by atoms with van der Waals surface area (Å²) in [6.07, 6.45) is 1.01. The average molecular weight is 259 g/mol. The number of phenols is 1. The first-order valence-corrected chi connectivity index (χ1v) is 5.62. The predicted molar refractivity (Wildman–Crippen MR) is 65.0 cm³/mol. The number of hydrogen-bond acceptors (Lipinski definition) is 3. The van der Waals surface area contributed by atoms with Crippen molar-refractivity contribution in [2.24, 2.45) is 0 Å². The third kappa shape index (κ3) is 3.27. The van der Waals surface area contributed by atoms with E-state index < -0.39 is 5.97 Å². The number of carboxylic acid groups (broad SMARTS) is 1. The second kappa shape index (κ2) is 5.77. The molecule has 0 heterocycles. The lowest BCUT2D eigenvalue weighted by Crippen LogP contribution is -1.98. The topological polar surface area (TPSA) is 66.8 Å². The highest BCUT2D eigenvalue weighted by molar-refractivity contribution is 6.32. The molecular weight excluding hydrogens is 244 g/mol. The SMILES string of the molecule is COc1c(Cl)cc(CCCC(=O)O)c(O)c1C. The summed E-state index contributed by atoms with van der Waals surface area (Å²) in [7, 11) is 1.48. The van der Waals surface area contributed by atoms with E-state index in [9.17, 15) is 9.90 Å². The molecular formula is C12H15ClO4. The van der Waals surface area contributed by atoms with Crippen molar-refractivity contribution in [3.05, 3.63) is 22.2 Å². The molecule has 1 aromatic rings. The number of benzene rings is 1. The maximum Gasteiger partial charge on any atom is 0.303 e. The molecule has 0 bridgehead atoms. The highest BCUT2D eigenvalue weighted by atomic mass is 35.5. The molecule has 0 fully saturated rings. The number of hydrogen-bond donors (Lipinski definition) is 2. The van der Waals surface area contributed by atoms with Crippen molar-refractivity contribution in [2.45, 2.75) is 26.2 Å². The lowest BCUT2D eigenvalue weighted by molar-refractivity contribution is -0.137. The van der Waals surface area contributed by atoms with Crippen LogP contribution in [-0.4, -0.2) is 23.3 Å². The Morgan fingerprint density at radius 3 is 2.71 bits per heavy atom. The Morgan fingerprint density at radius 2 is 2.18 bits per heavy atom. The number of carbonyl (C=O) groups is 1. The van der Waals surface area contributed by atoms with Gasteiger partial charge in [-0.2, -0.15) is 0 Å². The van der Waals surface area contributed by atoms with E-state index >= 15 is 0 Å². The molecule has 0 radical (unpaired) electrons. The summed E-state index contributed by atoms with van der Waals surface area (Å²) in [5.41, 5.74) is 1.22. The Morgan fingerprint density at radius 1 is 1.53 bits per heavy atom. The second-order valence-electron chi connectivity index (χ2n) is 3.77. The smallest absolute Gasteiger partial charge is 0.303 e. The quantitative estimate of drug-likeness (QED) is 0.852. The molecule has 4 nitrogen and oxygen atoms in total. The van der Waals surface area contributed by atoms with Crippen molar-refractivity contribution < 1.29 is 19.7 Å². The molecule has 1 rings (SSSR count). The zero-order valence-corrected chi connectivity index (χ0v) is 10.5. The maximum atomic E-state index is 10.4. The Bertz CT molecular complexity index is 429. The van der Waals surface area contributed by atoms with Crippen molar-refractivity contribution in [2.75, 3.05) is 7.11 Å². The largest absolute Gasteiger partial charge is 0.507 e. The van der Waals surface area contributed by atoms with E-state index in [1.807, 2.05) is 0 Å². The van der Waals surface area contributed by atoms with Crippen LogP contribution in [0.5, 0.6) is 11.5 Å². The highest BCUT2D eigenvalue weighted by Crippen LogP contribution is 2.37. The molecule has 0 saturated heterocycles. The molecule has 1 aromatic carbocycles. The maximum absolute atomic E-state index is 10.4. The van der Waals surface area contributed by atoms with Crippen LogP contribution in [0.25, 0.3) is 0 Å². The van der Waals surface area contributed by atoms with E-state index in [4.69, 9.17) is 21.4 Å². The van der Waals surface area contributed by atoms with Crippen LogP contribution in [-0.2, 0) is 11.2 Å². The van der Waals surface area contributed by atoms with Crippen LogP contribution in [0.4, 0.5) is 0 Å². The summed E-state index contributed by atoms with van der Waals surface area (Å²) in [5, 5.41) is 18.9. The molecule has 0 aliphatic carbocycles. The Balaban J connectivity index is 2.90. The van der Waals surface area contributed by atoms with Crippen LogP contribution >= 0.6 is 11.6 Å². The van der Waals surface area contributed by atoms with Gasteiger partial charge in [-0.15, -0.1) is 0 Å². The first-order valence-electron chi connectivity index (χ1n) is 5.24. The summed E-state index contributed by atoms with van der Waals surface area (Å²) in [5.74, 6) is -0.274. The van der Waals surface area contributed by atoms with Gasteiger partial charge in [0.2, 0.25) is 0 Å². The third-order valence-electron chi connectivity index (χ3n) is 2.56. The van der Waals surface area contributed by atoms with E-state index in [1.54, 1.807) is 13.0 Å². The number of aryl methyl sites for hydroxylation is 1. The third-order valence-corrected chi connectivity index (χ3v) is 2.84. The number of halogens is 1. The predicted octanol–water partition coefficient (Wildman–Crippen LogP) is 2.77. The minimum absolute atomic E-state index is 0.0716. The fourth-order valence-electron chi connectivity index (χ4n) is 1.69. The molecule has 0 spiro atoms. The summed E-state index contributed by atoms with van der Waals surface area (Å²) < 4.78 is 5.07. The van der Waals surface area contributed by atoms with Crippen molar-refractivity contribution in [3.63, 3.8) is 0 Å². The van der Waals surface area contributed by atoms with Crippen LogP contribution in [0.1, 0.15) is 24.0 Å². The molecule has 94 valence electrons. The van der Waals surface area contributed by atoms with Gasteiger partial charge in [0.1, 0.15) is 11.5 Å². The number of methoxy groups -OCH3 is 1. The number of aliphatic carboxylic acids is 1. The van der Waals surface area contributed by atoms with Gasteiger partial charge < -0.3 is 14.9 Å². The second-order valence-corrected chi connectivity index (χ2v) is 4.18. The summed E-state index contributed by atoms with van der Waals surface area (Å²) in [4.78, 5) is 10.4. The summed E-state index contributed by atoms with van der Waals surface area (Å²) in [6, 6.07) is 1.62. The molecule has 5 heteroatoms. The van der Waals surface area contributed by atoms with Crippen LogP contribution in [0.2, 0.25) is 5.02 Å². The molecule has 2 N–H and O–H groups in total. The minimum atomic E-state index is -0.846.